The van der Waals surface area contributed by atoms with Gasteiger partial charge in [-0.05, 0) is 67.6 Å². The van der Waals surface area contributed by atoms with Gasteiger partial charge >= 0.3 is 5.97 Å². The summed E-state index contributed by atoms with van der Waals surface area (Å²) in [7, 11) is 0. The molecule has 2 aliphatic carbocycles. The molecule has 0 spiro atoms. The predicted molar refractivity (Wildman–Crippen MR) is 113 cm³/mol. The molecule has 7 atom stereocenters. The molecule has 29 heavy (non-hydrogen) atoms. The highest BCUT2D eigenvalue weighted by molar-refractivity contribution is 5.75. The van der Waals surface area contributed by atoms with Gasteiger partial charge in [0.15, 0.2) is 0 Å². The number of ketones is 1. The Balaban J connectivity index is 2.53. The topological polar surface area (TPSA) is 83.8 Å². The van der Waals surface area contributed by atoms with Gasteiger partial charge in [0.25, 0.3) is 0 Å². The number of ether oxygens (including phenoxy) is 1. The summed E-state index contributed by atoms with van der Waals surface area (Å²) < 4.78 is 5.43. The number of carbonyl (C=O) groups excluding carboxylic acids is 2. The van der Waals surface area contributed by atoms with Gasteiger partial charge in [-0.3, -0.25) is 0 Å². The van der Waals surface area contributed by atoms with Crippen LogP contribution in [0.2, 0.25) is 0 Å². The average molecular weight is 409 g/mol. The van der Waals surface area contributed by atoms with Crippen molar-refractivity contribution >= 4 is 11.8 Å². The molecule has 0 aromatic heterocycles. The largest absolute Gasteiger partial charge is 0.464 e. The van der Waals surface area contributed by atoms with Crippen molar-refractivity contribution in [2.45, 2.75) is 79.2 Å². The summed E-state index contributed by atoms with van der Waals surface area (Å²) in [6, 6.07) is 0. The van der Waals surface area contributed by atoms with Gasteiger partial charge in [-0.2, -0.15) is 0 Å². The molecule has 2 saturated carbocycles. The highest BCUT2D eigenvalue weighted by Gasteiger charge is 2.59. The Morgan fingerprint density at radius 3 is 2.45 bits per heavy atom. The molecule has 2 N–H and O–H groups in total. The van der Waals surface area contributed by atoms with Crippen molar-refractivity contribution in [3.8, 4) is 0 Å². The summed E-state index contributed by atoms with van der Waals surface area (Å²) in [6.45, 7) is 14.1. The second-order valence-corrected chi connectivity index (χ2v) is 10.3. The molecule has 2 bridgehead atoms. The highest BCUT2D eigenvalue weighted by atomic mass is 16.5. The maximum absolute atomic E-state index is 11.8. The lowest BCUT2D eigenvalue weighted by Gasteiger charge is -2.62. The molecule has 5 nitrogen and oxygen atoms in total. The van der Waals surface area contributed by atoms with Crippen molar-refractivity contribution in [3.05, 3.63) is 12.7 Å². The number of aliphatic hydroxyl groups excluding tert-OH is 2. The average Bonchev–Trinajstić information content (AvgIpc) is 2.69. The zero-order valence-electron chi connectivity index (χ0n) is 18.9. The molecule has 0 amide bonds. The number of hydrogen-bond acceptors (Lipinski definition) is 5. The van der Waals surface area contributed by atoms with E-state index in [9.17, 15) is 14.7 Å². The first-order valence-corrected chi connectivity index (χ1v) is 11.0. The third kappa shape index (κ3) is 4.46. The summed E-state index contributed by atoms with van der Waals surface area (Å²) >= 11 is 0. The third-order valence-corrected chi connectivity index (χ3v) is 8.93. The molecule has 0 heterocycles. The van der Waals surface area contributed by atoms with Crippen LogP contribution in [-0.4, -0.2) is 41.3 Å². The summed E-state index contributed by atoms with van der Waals surface area (Å²) in [6.07, 6.45) is 5.93. The van der Waals surface area contributed by atoms with Gasteiger partial charge in [0.1, 0.15) is 12.4 Å². The molecule has 5 heteroatoms. The fraction of sp³-hybridized carbons (Fsp3) is 0.833. The first kappa shape index (κ1) is 24.1. The van der Waals surface area contributed by atoms with Crippen molar-refractivity contribution in [2.75, 3.05) is 13.2 Å². The van der Waals surface area contributed by atoms with Gasteiger partial charge in [0.2, 0.25) is 0 Å². The minimum atomic E-state index is -0.627. The van der Waals surface area contributed by atoms with Crippen LogP contribution in [-0.2, 0) is 14.3 Å². The summed E-state index contributed by atoms with van der Waals surface area (Å²) in [4.78, 5) is 23.5. The Bertz CT molecular complexity index is 631. The van der Waals surface area contributed by atoms with E-state index in [2.05, 4.69) is 27.4 Å². The van der Waals surface area contributed by atoms with E-state index < -0.39 is 24.1 Å². The van der Waals surface area contributed by atoms with Crippen LogP contribution in [0.25, 0.3) is 0 Å². The van der Waals surface area contributed by atoms with Crippen LogP contribution in [0.15, 0.2) is 12.7 Å². The molecule has 2 unspecified atom stereocenters. The summed E-state index contributed by atoms with van der Waals surface area (Å²) in [5.74, 6) is 0.279. The number of esters is 1. The maximum Gasteiger partial charge on any atom is 0.331 e. The third-order valence-electron chi connectivity index (χ3n) is 8.93. The molecule has 0 aliphatic heterocycles. The van der Waals surface area contributed by atoms with E-state index in [4.69, 9.17) is 9.84 Å². The quantitative estimate of drug-likeness (QED) is 0.493. The SMILES string of the molecule is C=C[C@]1(C)C[C@@H](COC(=O)CO)[C@]2(C)C(C)CC[C@](CCC(C)=O)(C[C@@H]1O)C2C. The van der Waals surface area contributed by atoms with Crippen molar-refractivity contribution in [3.63, 3.8) is 0 Å². The van der Waals surface area contributed by atoms with E-state index in [-0.39, 0.29) is 35.1 Å². The predicted octanol–water partition coefficient (Wildman–Crippen LogP) is 3.91. The van der Waals surface area contributed by atoms with E-state index in [1.165, 1.54) is 0 Å². The summed E-state index contributed by atoms with van der Waals surface area (Å²) in [5.41, 5.74) is -0.748. The van der Waals surface area contributed by atoms with Gasteiger partial charge in [-0.25, -0.2) is 4.79 Å². The normalized spacial score (nSPS) is 42.4. The second kappa shape index (κ2) is 8.89. The fourth-order valence-corrected chi connectivity index (χ4v) is 6.22. The summed E-state index contributed by atoms with van der Waals surface area (Å²) in [5, 5.41) is 20.4. The van der Waals surface area contributed by atoms with Crippen molar-refractivity contribution in [1.29, 1.82) is 0 Å². The number of carbonyl (C=O) groups is 2. The van der Waals surface area contributed by atoms with Gasteiger partial charge < -0.3 is 19.7 Å². The van der Waals surface area contributed by atoms with E-state index in [0.29, 0.717) is 25.2 Å². The number of aliphatic hydroxyl groups is 2. The van der Waals surface area contributed by atoms with Crippen molar-refractivity contribution in [2.24, 2.45) is 34.0 Å². The van der Waals surface area contributed by atoms with Crippen LogP contribution >= 0.6 is 0 Å². The molecule has 0 saturated heterocycles. The highest BCUT2D eigenvalue weighted by Crippen LogP contribution is 2.64. The smallest absolute Gasteiger partial charge is 0.331 e. The van der Waals surface area contributed by atoms with Gasteiger partial charge in [0, 0.05) is 11.8 Å². The van der Waals surface area contributed by atoms with Crippen LogP contribution in [0.1, 0.15) is 73.1 Å². The van der Waals surface area contributed by atoms with Gasteiger partial charge in [-0.1, -0.05) is 33.8 Å². The second-order valence-electron chi connectivity index (χ2n) is 10.3. The Morgan fingerprint density at radius 2 is 1.90 bits per heavy atom. The van der Waals surface area contributed by atoms with E-state index in [1.54, 1.807) is 6.92 Å². The number of fused-ring (bicyclic) bond motifs is 2. The van der Waals surface area contributed by atoms with Crippen LogP contribution in [0.3, 0.4) is 0 Å². The van der Waals surface area contributed by atoms with Crippen LogP contribution in [0.4, 0.5) is 0 Å². The monoisotopic (exact) mass is 408 g/mol. The fourth-order valence-electron chi connectivity index (χ4n) is 6.22. The number of hydrogen-bond donors (Lipinski definition) is 2. The lowest BCUT2D eigenvalue weighted by molar-refractivity contribution is -0.172. The van der Waals surface area contributed by atoms with Crippen LogP contribution in [0.5, 0.6) is 0 Å². The Kier molecular flexibility index (Phi) is 7.38. The molecule has 2 aliphatic rings. The first-order valence-electron chi connectivity index (χ1n) is 11.0. The number of rotatable bonds is 7. The van der Waals surface area contributed by atoms with Crippen LogP contribution in [0, 0.1) is 34.0 Å². The van der Waals surface area contributed by atoms with Gasteiger partial charge in [0.05, 0.1) is 12.7 Å². The molecule has 166 valence electrons. The lowest BCUT2D eigenvalue weighted by Crippen LogP contribution is -2.57. The first-order chi connectivity index (χ1) is 13.4. The van der Waals surface area contributed by atoms with E-state index >= 15 is 0 Å². The molecule has 0 aromatic carbocycles. The minimum absolute atomic E-state index is 0.0259. The zero-order chi connectivity index (χ0) is 22.0. The molecule has 0 aromatic rings. The van der Waals surface area contributed by atoms with Crippen molar-refractivity contribution < 1.29 is 24.5 Å². The Morgan fingerprint density at radius 1 is 1.24 bits per heavy atom. The molecule has 0 radical (unpaired) electrons. The molecular weight excluding hydrogens is 368 g/mol. The van der Waals surface area contributed by atoms with E-state index in [1.807, 2.05) is 13.0 Å². The standard InChI is InChI=1S/C24H40O5/c1-7-22(5)12-19(15-29-21(28)14-25)23(6)16(2)8-10-24(18(23)4,13-20(22)27)11-9-17(3)26/h7,16,18-20,25,27H,1,8-15H2,2-6H3/t16?,18?,19-,20-,22+,23+,24-/m0/s1. The molecule has 2 fully saturated rings. The van der Waals surface area contributed by atoms with Crippen molar-refractivity contribution in [1.82, 2.24) is 0 Å². The Labute approximate surface area is 175 Å². The minimum Gasteiger partial charge on any atom is -0.464 e. The molecule has 2 rings (SSSR count). The maximum atomic E-state index is 11.8. The van der Waals surface area contributed by atoms with Crippen LogP contribution < -0.4 is 0 Å². The molecular formula is C24H40O5. The zero-order valence-corrected chi connectivity index (χ0v) is 18.9. The van der Waals surface area contributed by atoms with Gasteiger partial charge in [-0.15, -0.1) is 6.58 Å². The number of Topliss-reactive ketones (excluding diaryl/α,β-unsaturated/α-hetero) is 1. The Hall–Kier alpha value is -1.20. The lowest BCUT2D eigenvalue weighted by atomic mass is 9.43. The van der Waals surface area contributed by atoms with E-state index in [0.717, 1.165) is 19.3 Å².